The normalized spacial score (nSPS) is 12.2. The van der Waals surface area contributed by atoms with Crippen LogP contribution in [0.2, 0.25) is 0 Å². The molecule has 0 saturated carbocycles. The molecular weight excluding hydrogens is 166 g/mol. The molecule has 1 unspecified atom stereocenters. The van der Waals surface area contributed by atoms with Gasteiger partial charge in [0, 0.05) is 18.7 Å². The molecule has 0 aromatic carbocycles. The molecule has 0 bridgehead atoms. The minimum absolute atomic E-state index is 0.0806. The monoisotopic (exact) mass is 179 g/mol. The lowest BCUT2D eigenvalue weighted by Crippen LogP contribution is -2.23. The van der Waals surface area contributed by atoms with Crippen molar-refractivity contribution < 1.29 is 4.79 Å². The van der Waals surface area contributed by atoms with Crippen molar-refractivity contribution in [3.8, 4) is 0 Å². The van der Waals surface area contributed by atoms with Crippen molar-refractivity contribution in [3.63, 3.8) is 0 Å². The molecule has 0 aliphatic rings. The van der Waals surface area contributed by atoms with Crippen LogP contribution in [0, 0.1) is 0 Å². The number of nitrogens with zero attached hydrogens (tertiary/aromatic N) is 1. The molecule has 0 spiro atoms. The molecule has 0 fully saturated rings. The van der Waals surface area contributed by atoms with Crippen molar-refractivity contribution in [1.82, 2.24) is 4.98 Å². The van der Waals surface area contributed by atoms with E-state index in [4.69, 9.17) is 5.73 Å². The number of carbonyl (C=O) groups is 1. The summed E-state index contributed by atoms with van der Waals surface area (Å²) in [7, 11) is 0. The van der Waals surface area contributed by atoms with Crippen molar-refractivity contribution in [2.24, 2.45) is 5.73 Å². The highest BCUT2D eigenvalue weighted by molar-refractivity contribution is 5.90. The summed E-state index contributed by atoms with van der Waals surface area (Å²) in [4.78, 5) is 15.1. The van der Waals surface area contributed by atoms with E-state index >= 15 is 0 Å². The van der Waals surface area contributed by atoms with Crippen LogP contribution in [0.4, 0.5) is 5.69 Å². The van der Waals surface area contributed by atoms with Gasteiger partial charge < -0.3 is 11.1 Å². The van der Waals surface area contributed by atoms with Crippen LogP contribution in [0.1, 0.15) is 13.3 Å². The fraction of sp³-hybridized carbons (Fsp3) is 0.333. The second kappa shape index (κ2) is 4.57. The Labute approximate surface area is 77.2 Å². The SMILES string of the molecule is CC(N)CC(=O)Nc1cccnc1. The number of amides is 1. The second-order valence-electron chi connectivity index (χ2n) is 2.97. The maximum atomic E-state index is 11.2. The van der Waals surface area contributed by atoms with Crippen LogP contribution in [0.3, 0.4) is 0 Å². The van der Waals surface area contributed by atoms with Crippen molar-refractivity contribution in [2.45, 2.75) is 19.4 Å². The molecule has 70 valence electrons. The lowest BCUT2D eigenvalue weighted by Gasteiger charge is -2.05. The molecule has 1 atom stereocenters. The van der Waals surface area contributed by atoms with Gasteiger partial charge in [-0.15, -0.1) is 0 Å². The summed E-state index contributed by atoms with van der Waals surface area (Å²) in [5.41, 5.74) is 6.17. The lowest BCUT2D eigenvalue weighted by molar-refractivity contribution is -0.116. The van der Waals surface area contributed by atoms with Gasteiger partial charge in [-0.2, -0.15) is 0 Å². The Bertz CT molecular complexity index is 271. The van der Waals surface area contributed by atoms with Gasteiger partial charge in [0.05, 0.1) is 11.9 Å². The van der Waals surface area contributed by atoms with Crippen LogP contribution >= 0.6 is 0 Å². The molecule has 0 saturated heterocycles. The third-order valence-electron chi connectivity index (χ3n) is 1.45. The minimum Gasteiger partial charge on any atom is -0.327 e. The fourth-order valence-electron chi connectivity index (χ4n) is 0.941. The molecular formula is C9H13N3O. The zero-order valence-corrected chi connectivity index (χ0v) is 7.53. The molecule has 0 radical (unpaired) electrons. The maximum absolute atomic E-state index is 11.2. The summed E-state index contributed by atoms with van der Waals surface area (Å²) < 4.78 is 0. The molecule has 0 aliphatic heterocycles. The predicted molar refractivity (Wildman–Crippen MR) is 51.1 cm³/mol. The Morgan fingerprint density at radius 2 is 2.54 bits per heavy atom. The Hall–Kier alpha value is -1.42. The van der Waals surface area contributed by atoms with E-state index in [1.165, 1.54) is 0 Å². The van der Waals surface area contributed by atoms with Gasteiger partial charge in [-0.3, -0.25) is 9.78 Å². The summed E-state index contributed by atoms with van der Waals surface area (Å²) in [6, 6.07) is 3.43. The fourth-order valence-corrected chi connectivity index (χ4v) is 0.941. The Balaban J connectivity index is 2.46. The van der Waals surface area contributed by atoms with Gasteiger partial charge in [-0.05, 0) is 19.1 Å². The molecule has 1 aromatic heterocycles. The van der Waals surface area contributed by atoms with Gasteiger partial charge in [-0.25, -0.2) is 0 Å². The standard InChI is InChI=1S/C9H13N3O/c1-7(10)5-9(13)12-8-3-2-4-11-6-8/h2-4,6-7H,5,10H2,1H3,(H,12,13). The van der Waals surface area contributed by atoms with Gasteiger partial charge in [0.25, 0.3) is 0 Å². The van der Waals surface area contributed by atoms with E-state index in [1.807, 2.05) is 0 Å². The van der Waals surface area contributed by atoms with Gasteiger partial charge in [0.15, 0.2) is 0 Å². The average Bonchev–Trinajstić information content (AvgIpc) is 2.04. The summed E-state index contributed by atoms with van der Waals surface area (Å²) in [6.07, 6.45) is 3.58. The molecule has 1 heterocycles. The highest BCUT2D eigenvalue weighted by Gasteiger charge is 2.04. The van der Waals surface area contributed by atoms with E-state index in [0.717, 1.165) is 0 Å². The number of rotatable bonds is 3. The minimum atomic E-state index is -0.114. The van der Waals surface area contributed by atoms with Crippen LogP contribution < -0.4 is 11.1 Å². The number of hydrogen-bond acceptors (Lipinski definition) is 3. The molecule has 13 heavy (non-hydrogen) atoms. The second-order valence-corrected chi connectivity index (χ2v) is 2.97. The number of carbonyl (C=O) groups excluding carboxylic acids is 1. The summed E-state index contributed by atoms with van der Waals surface area (Å²) >= 11 is 0. The van der Waals surface area contributed by atoms with Crippen molar-refractivity contribution in [3.05, 3.63) is 24.5 Å². The first-order chi connectivity index (χ1) is 6.18. The zero-order chi connectivity index (χ0) is 9.68. The van der Waals surface area contributed by atoms with Crippen molar-refractivity contribution >= 4 is 11.6 Å². The first kappa shape index (κ1) is 9.67. The smallest absolute Gasteiger partial charge is 0.225 e. The Morgan fingerprint density at radius 1 is 1.77 bits per heavy atom. The van der Waals surface area contributed by atoms with Crippen LogP contribution in [0.5, 0.6) is 0 Å². The summed E-state index contributed by atoms with van der Waals surface area (Å²) in [5.74, 6) is -0.0806. The molecule has 4 heteroatoms. The van der Waals surface area contributed by atoms with Gasteiger partial charge in [0.1, 0.15) is 0 Å². The maximum Gasteiger partial charge on any atom is 0.225 e. The van der Waals surface area contributed by atoms with Crippen LogP contribution in [0.25, 0.3) is 0 Å². The molecule has 0 aliphatic carbocycles. The van der Waals surface area contributed by atoms with E-state index in [1.54, 1.807) is 31.5 Å². The summed E-state index contributed by atoms with van der Waals surface area (Å²) in [6.45, 7) is 1.79. The topological polar surface area (TPSA) is 68.0 Å². The number of anilines is 1. The zero-order valence-electron chi connectivity index (χ0n) is 7.53. The van der Waals surface area contributed by atoms with Gasteiger partial charge in [-0.1, -0.05) is 0 Å². The Morgan fingerprint density at radius 3 is 3.08 bits per heavy atom. The van der Waals surface area contributed by atoms with E-state index in [0.29, 0.717) is 12.1 Å². The lowest BCUT2D eigenvalue weighted by atomic mass is 10.2. The van der Waals surface area contributed by atoms with Crippen LogP contribution in [-0.2, 0) is 4.79 Å². The van der Waals surface area contributed by atoms with E-state index in [-0.39, 0.29) is 11.9 Å². The van der Waals surface area contributed by atoms with E-state index in [9.17, 15) is 4.79 Å². The van der Waals surface area contributed by atoms with Crippen LogP contribution in [0.15, 0.2) is 24.5 Å². The van der Waals surface area contributed by atoms with Gasteiger partial charge in [0.2, 0.25) is 5.91 Å². The highest BCUT2D eigenvalue weighted by atomic mass is 16.1. The van der Waals surface area contributed by atoms with Crippen molar-refractivity contribution in [1.29, 1.82) is 0 Å². The van der Waals surface area contributed by atoms with Crippen molar-refractivity contribution in [2.75, 3.05) is 5.32 Å². The first-order valence-corrected chi connectivity index (χ1v) is 4.14. The highest BCUT2D eigenvalue weighted by Crippen LogP contribution is 2.03. The number of hydrogen-bond donors (Lipinski definition) is 2. The number of nitrogens with two attached hydrogens (primary N) is 1. The van der Waals surface area contributed by atoms with Gasteiger partial charge >= 0.3 is 0 Å². The number of pyridine rings is 1. The summed E-state index contributed by atoms with van der Waals surface area (Å²) in [5, 5.41) is 2.69. The quantitative estimate of drug-likeness (QED) is 0.719. The number of aromatic nitrogens is 1. The molecule has 1 amide bonds. The molecule has 3 N–H and O–H groups in total. The first-order valence-electron chi connectivity index (χ1n) is 4.14. The largest absolute Gasteiger partial charge is 0.327 e. The van der Waals surface area contributed by atoms with E-state index in [2.05, 4.69) is 10.3 Å². The Kier molecular flexibility index (Phi) is 3.40. The third kappa shape index (κ3) is 3.66. The predicted octanol–water partition coefficient (Wildman–Crippen LogP) is 0.757. The number of nitrogens with one attached hydrogen (secondary N) is 1. The van der Waals surface area contributed by atoms with E-state index < -0.39 is 0 Å². The third-order valence-corrected chi connectivity index (χ3v) is 1.45. The molecule has 1 aromatic rings. The average molecular weight is 179 g/mol. The molecule has 4 nitrogen and oxygen atoms in total. The van der Waals surface area contributed by atoms with Crippen LogP contribution in [-0.4, -0.2) is 16.9 Å². The molecule has 1 rings (SSSR count).